The highest BCUT2D eigenvalue weighted by atomic mass is 35.5. The lowest BCUT2D eigenvalue weighted by Crippen LogP contribution is -2.29. The van der Waals surface area contributed by atoms with Crippen LogP contribution < -0.4 is 5.32 Å². The van der Waals surface area contributed by atoms with Crippen LogP contribution in [0.5, 0.6) is 0 Å². The van der Waals surface area contributed by atoms with Gasteiger partial charge in [0.15, 0.2) is 0 Å². The van der Waals surface area contributed by atoms with Crippen molar-refractivity contribution < 1.29 is 4.79 Å². The maximum atomic E-state index is 12.7. The predicted molar refractivity (Wildman–Crippen MR) is 129 cm³/mol. The summed E-state index contributed by atoms with van der Waals surface area (Å²) in [5.74, 6) is 0.915. The first-order chi connectivity index (χ1) is 14.6. The molecule has 4 rings (SSSR count). The first-order valence-electron chi connectivity index (χ1n) is 10.2. The topological polar surface area (TPSA) is 32.3 Å². The Bertz CT molecular complexity index is 1020. The van der Waals surface area contributed by atoms with Crippen LogP contribution in [0.2, 0.25) is 5.02 Å². The molecule has 0 saturated carbocycles. The number of thiophene rings is 1. The minimum absolute atomic E-state index is 0.0287. The van der Waals surface area contributed by atoms with E-state index in [1.54, 1.807) is 23.1 Å². The van der Waals surface area contributed by atoms with Gasteiger partial charge in [0.25, 0.3) is 5.91 Å². The second kappa shape index (κ2) is 10.0. The highest BCUT2D eigenvalue weighted by Gasteiger charge is 2.22. The summed E-state index contributed by atoms with van der Waals surface area (Å²) in [6, 6.07) is 18.6. The van der Waals surface area contributed by atoms with Crippen molar-refractivity contribution in [1.29, 1.82) is 0 Å². The van der Waals surface area contributed by atoms with Gasteiger partial charge in [0.05, 0.1) is 4.88 Å². The van der Waals surface area contributed by atoms with E-state index in [4.69, 9.17) is 11.6 Å². The lowest BCUT2D eigenvalue weighted by Gasteiger charge is -2.20. The molecule has 0 fully saturated rings. The Labute approximate surface area is 191 Å². The van der Waals surface area contributed by atoms with E-state index in [1.165, 1.54) is 26.5 Å². The number of thioether (sulfide) groups is 1. The van der Waals surface area contributed by atoms with Crippen LogP contribution in [0.15, 0.2) is 59.5 Å². The second-order valence-corrected chi connectivity index (χ2v) is 9.86. The van der Waals surface area contributed by atoms with Gasteiger partial charge in [0.1, 0.15) is 0 Å². The molecule has 30 heavy (non-hydrogen) atoms. The summed E-state index contributed by atoms with van der Waals surface area (Å²) in [7, 11) is 0. The summed E-state index contributed by atoms with van der Waals surface area (Å²) >= 11 is 9.50. The van der Waals surface area contributed by atoms with E-state index < -0.39 is 0 Å². The van der Waals surface area contributed by atoms with Gasteiger partial charge >= 0.3 is 0 Å². The molecule has 6 heteroatoms. The number of nitrogens with zero attached hydrogens (tertiary/aromatic N) is 1. The molecule has 0 aliphatic carbocycles. The molecule has 0 atom stereocenters. The van der Waals surface area contributed by atoms with E-state index in [2.05, 4.69) is 47.5 Å². The van der Waals surface area contributed by atoms with E-state index in [-0.39, 0.29) is 5.91 Å². The summed E-state index contributed by atoms with van der Waals surface area (Å²) in [6.07, 6.45) is 0.939. The largest absolute Gasteiger partial charge is 0.351 e. The van der Waals surface area contributed by atoms with Gasteiger partial charge in [-0.25, -0.2) is 0 Å². The Balaban J connectivity index is 1.30. The van der Waals surface area contributed by atoms with E-state index in [9.17, 15) is 4.79 Å². The number of hydrogen-bond acceptors (Lipinski definition) is 4. The fraction of sp³-hybridized carbons (Fsp3) is 0.292. The van der Waals surface area contributed by atoms with Gasteiger partial charge in [-0.3, -0.25) is 9.69 Å². The van der Waals surface area contributed by atoms with Gasteiger partial charge in [0, 0.05) is 45.7 Å². The molecule has 0 unspecified atom stereocenters. The first-order valence-corrected chi connectivity index (χ1v) is 12.4. The third kappa shape index (κ3) is 5.09. The standard InChI is InChI=1S/C24H25ClN2OS2/c1-2-27(15-17-7-4-3-5-8-17)12-6-11-26-24(28)22-13-18-16-29-21-14-19(25)9-10-20(21)23(18)30-22/h3-5,7-10,13-14H,2,6,11-12,15-16H2,1H3,(H,26,28). The Morgan fingerprint density at radius 1 is 1.17 bits per heavy atom. The zero-order valence-corrected chi connectivity index (χ0v) is 19.4. The summed E-state index contributed by atoms with van der Waals surface area (Å²) in [6.45, 7) is 5.79. The molecule has 156 valence electrons. The lowest BCUT2D eigenvalue weighted by molar-refractivity contribution is 0.0955. The molecular weight excluding hydrogens is 432 g/mol. The van der Waals surface area contributed by atoms with Gasteiger partial charge in [-0.05, 0) is 42.3 Å². The van der Waals surface area contributed by atoms with Crippen LogP contribution >= 0.6 is 34.7 Å². The number of amides is 1. The van der Waals surface area contributed by atoms with Crippen LogP contribution in [0.3, 0.4) is 0 Å². The molecule has 2 aromatic carbocycles. The number of halogens is 1. The smallest absolute Gasteiger partial charge is 0.261 e. The van der Waals surface area contributed by atoms with Crippen molar-refractivity contribution >= 4 is 40.6 Å². The summed E-state index contributed by atoms with van der Waals surface area (Å²) in [5, 5.41) is 3.86. The molecular formula is C24H25ClN2OS2. The first kappa shape index (κ1) is 21.4. The maximum Gasteiger partial charge on any atom is 0.261 e. The van der Waals surface area contributed by atoms with Crippen molar-refractivity contribution in [1.82, 2.24) is 10.2 Å². The average Bonchev–Trinajstić information content (AvgIpc) is 3.21. The van der Waals surface area contributed by atoms with Crippen LogP contribution in [-0.4, -0.2) is 30.4 Å². The third-order valence-corrected chi connectivity index (χ3v) is 7.79. The third-order valence-electron chi connectivity index (χ3n) is 5.24. The molecule has 3 nitrogen and oxygen atoms in total. The van der Waals surface area contributed by atoms with Crippen molar-refractivity contribution in [3.8, 4) is 10.4 Å². The SMILES string of the molecule is CCN(CCCNC(=O)c1cc2c(s1)-c1ccc(Cl)cc1SC2)Cc1ccccc1. The predicted octanol–water partition coefficient (Wildman–Crippen LogP) is 6.32. The number of benzene rings is 2. The molecule has 1 N–H and O–H groups in total. The average molecular weight is 457 g/mol. The molecule has 0 radical (unpaired) electrons. The van der Waals surface area contributed by atoms with Crippen molar-refractivity contribution in [2.75, 3.05) is 19.6 Å². The summed E-state index contributed by atoms with van der Waals surface area (Å²) in [4.78, 5) is 18.3. The fourth-order valence-electron chi connectivity index (χ4n) is 3.62. The molecule has 1 aliphatic heterocycles. The Morgan fingerprint density at radius 3 is 2.80 bits per heavy atom. The maximum absolute atomic E-state index is 12.7. The lowest BCUT2D eigenvalue weighted by atomic mass is 10.1. The Kier molecular flexibility index (Phi) is 7.16. The summed E-state index contributed by atoms with van der Waals surface area (Å²) < 4.78 is 0. The number of hydrogen-bond donors (Lipinski definition) is 1. The molecule has 0 saturated heterocycles. The van der Waals surface area contributed by atoms with Gasteiger partial charge in [0.2, 0.25) is 0 Å². The number of nitrogens with one attached hydrogen (secondary N) is 1. The highest BCUT2D eigenvalue weighted by Crippen LogP contribution is 2.46. The molecule has 0 bridgehead atoms. The van der Waals surface area contributed by atoms with Crippen LogP contribution in [0.4, 0.5) is 0 Å². The monoisotopic (exact) mass is 456 g/mol. The molecule has 1 amide bonds. The van der Waals surface area contributed by atoms with Gasteiger partial charge in [-0.2, -0.15) is 0 Å². The second-order valence-electron chi connectivity index (χ2n) is 7.36. The Morgan fingerprint density at radius 2 is 2.00 bits per heavy atom. The molecule has 0 spiro atoms. The van der Waals surface area contributed by atoms with Crippen LogP contribution in [0, 0.1) is 0 Å². The van der Waals surface area contributed by atoms with Crippen molar-refractivity contribution in [3.63, 3.8) is 0 Å². The van der Waals surface area contributed by atoms with E-state index >= 15 is 0 Å². The zero-order valence-electron chi connectivity index (χ0n) is 17.0. The number of fused-ring (bicyclic) bond motifs is 3. The van der Waals surface area contributed by atoms with Crippen molar-refractivity contribution in [2.45, 2.75) is 30.5 Å². The minimum Gasteiger partial charge on any atom is -0.351 e. The fourth-order valence-corrected chi connectivity index (χ4v) is 6.22. The molecule has 2 heterocycles. The molecule has 3 aromatic rings. The number of rotatable bonds is 8. The number of carbonyl (C=O) groups excluding carboxylic acids is 1. The Hall–Kier alpha value is -1.79. The molecule has 1 aliphatic rings. The minimum atomic E-state index is 0.0287. The van der Waals surface area contributed by atoms with Crippen molar-refractivity contribution in [2.24, 2.45) is 0 Å². The zero-order chi connectivity index (χ0) is 20.9. The van der Waals surface area contributed by atoms with E-state index in [0.717, 1.165) is 41.7 Å². The van der Waals surface area contributed by atoms with Crippen LogP contribution in [-0.2, 0) is 12.3 Å². The van der Waals surface area contributed by atoms with Crippen LogP contribution in [0.25, 0.3) is 10.4 Å². The van der Waals surface area contributed by atoms with Gasteiger partial charge in [-0.1, -0.05) is 54.9 Å². The van der Waals surface area contributed by atoms with Gasteiger partial charge in [-0.15, -0.1) is 23.1 Å². The highest BCUT2D eigenvalue weighted by molar-refractivity contribution is 7.98. The normalized spacial score (nSPS) is 12.5. The molecule has 1 aromatic heterocycles. The summed E-state index contributed by atoms with van der Waals surface area (Å²) in [5.41, 5.74) is 3.76. The number of carbonyl (C=O) groups is 1. The van der Waals surface area contributed by atoms with Gasteiger partial charge < -0.3 is 5.32 Å². The quantitative estimate of drug-likeness (QED) is 0.403. The van der Waals surface area contributed by atoms with E-state index in [1.807, 2.05) is 24.3 Å². The van der Waals surface area contributed by atoms with Crippen molar-refractivity contribution in [3.05, 3.63) is 75.6 Å². The van der Waals surface area contributed by atoms with Crippen LogP contribution in [0.1, 0.15) is 34.1 Å². The van der Waals surface area contributed by atoms with E-state index in [0.29, 0.717) is 6.54 Å².